The smallest absolute Gasteiger partial charge is 0.399 e. The van der Waals surface area contributed by atoms with Gasteiger partial charge >= 0.3 is 6.18 Å². The van der Waals surface area contributed by atoms with Crippen molar-refractivity contribution in [1.29, 1.82) is 0 Å². The van der Waals surface area contributed by atoms with Gasteiger partial charge in [-0.1, -0.05) is 12.6 Å². The van der Waals surface area contributed by atoms with Crippen LogP contribution in [0.2, 0.25) is 0 Å². The molecule has 1 aromatic carbocycles. The number of rotatable bonds is 1. The zero-order chi connectivity index (χ0) is 12.6. The van der Waals surface area contributed by atoms with Gasteiger partial charge in [0.15, 0.2) is 0 Å². The predicted molar refractivity (Wildman–Crippen MR) is 61.2 cm³/mol. The van der Waals surface area contributed by atoms with Gasteiger partial charge in [0.25, 0.3) is 0 Å². The minimum absolute atomic E-state index is 0.178. The molecule has 0 atom stereocenters. The van der Waals surface area contributed by atoms with Gasteiger partial charge in [-0.15, -0.1) is 0 Å². The van der Waals surface area contributed by atoms with Crippen molar-refractivity contribution in [3.63, 3.8) is 0 Å². The largest absolute Gasteiger partial charge is 0.417 e. The first-order valence-electron chi connectivity index (χ1n) is 4.80. The van der Waals surface area contributed by atoms with E-state index in [1.165, 1.54) is 12.3 Å². The fraction of sp³-hybridized carbons (Fsp3) is 0.0833. The van der Waals surface area contributed by atoms with Crippen molar-refractivity contribution in [3.8, 4) is 0 Å². The summed E-state index contributed by atoms with van der Waals surface area (Å²) in [5, 5.41) is 1.00. The molecule has 0 aliphatic carbocycles. The SMILES string of the molecule is C=C(c1nccc2ccc(N)cc12)C(F)(F)F. The maximum Gasteiger partial charge on any atom is 0.417 e. The maximum absolute atomic E-state index is 12.6. The number of hydrogen-bond acceptors (Lipinski definition) is 2. The molecule has 0 saturated heterocycles. The quantitative estimate of drug-likeness (QED) is 0.773. The molecule has 2 N–H and O–H groups in total. The molecule has 0 radical (unpaired) electrons. The Morgan fingerprint density at radius 3 is 2.59 bits per heavy atom. The van der Waals surface area contributed by atoms with E-state index in [0.29, 0.717) is 16.5 Å². The number of alkyl halides is 3. The lowest BCUT2D eigenvalue weighted by molar-refractivity contribution is -0.0688. The lowest BCUT2D eigenvalue weighted by atomic mass is 10.0. The topological polar surface area (TPSA) is 38.9 Å². The Hall–Kier alpha value is -2.04. The molecule has 2 aromatic rings. The van der Waals surface area contributed by atoms with Gasteiger partial charge in [-0.2, -0.15) is 13.2 Å². The zero-order valence-electron chi connectivity index (χ0n) is 8.75. The molecule has 5 heteroatoms. The van der Waals surface area contributed by atoms with Gasteiger partial charge in [-0.05, 0) is 23.6 Å². The van der Waals surface area contributed by atoms with Crippen molar-refractivity contribution in [3.05, 3.63) is 42.7 Å². The highest BCUT2D eigenvalue weighted by Crippen LogP contribution is 2.34. The first-order valence-corrected chi connectivity index (χ1v) is 4.80. The van der Waals surface area contributed by atoms with Crippen LogP contribution in [0.15, 0.2) is 37.0 Å². The van der Waals surface area contributed by atoms with Gasteiger partial charge in [0, 0.05) is 17.3 Å². The first kappa shape index (κ1) is 11.4. The van der Waals surface area contributed by atoms with Crippen molar-refractivity contribution in [2.75, 3.05) is 5.73 Å². The summed E-state index contributed by atoms with van der Waals surface area (Å²) in [5.41, 5.74) is 4.81. The molecule has 0 unspecified atom stereocenters. The first-order chi connectivity index (χ1) is 7.89. The molecule has 2 nitrogen and oxygen atoms in total. The number of pyridine rings is 1. The Morgan fingerprint density at radius 2 is 1.94 bits per heavy atom. The molecular weight excluding hydrogens is 229 g/mol. The summed E-state index contributed by atoms with van der Waals surface area (Å²) in [6, 6.07) is 6.37. The third-order valence-electron chi connectivity index (χ3n) is 2.42. The van der Waals surface area contributed by atoms with E-state index in [9.17, 15) is 13.2 Å². The zero-order valence-corrected chi connectivity index (χ0v) is 8.75. The van der Waals surface area contributed by atoms with Crippen LogP contribution in [0, 0.1) is 0 Å². The van der Waals surface area contributed by atoms with Crippen molar-refractivity contribution >= 4 is 22.0 Å². The maximum atomic E-state index is 12.6. The summed E-state index contributed by atoms with van der Waals surface area (Å²) in [7, 11) is 0. The second-order valence-electron chi connectivity index (χ2n) is 3.62. The molecule has 0 aliphatic heterocycles. The average molecular weight is 238 g/mol. The normalized spacial score (nSPS) is 11.7. The molecule has 1 heterocycles. The highest BCUT2D eigenvalue weighted by atomic mass is 19.4. The summed E-state index contributed by atoms with van der Waals surface area (Å²) in [5.74, 6) is 0. The Labute approximate surface area is 95.6 Å². The summed E-state index contributed by atoms with van der Waals surface area (Å²) in [4.78, 5) is 3.74. The number of benzene rings is 1. The molecule has 0 spiro atoms. The van der Waals surface area contributed by atoms with Gasteiger partial charge in [0.05, 0.1) is 11.3 Å². The lowest BCUT2D eigenvalue weighted by Crippen LogP contribution is -2.11. The van der Waals surface area contributed by atoms with Crippen LogP contribution in [0.1, 0.15) is 5.69 Å². The molecule has 0 aliphatic rings. The molecule has 88 valence electrons. The average Bonchev–Trinajstić information content (AvgIpc) is 2.26. The van der Waals surface area contributed by atoms with E-state index >= 15 is 0 Å². The molecule has 0 fully saturated rings. The molecule has 0 saturated carbocycles. The third-order valence-corrected chi connectivity index (χ3v) is 2.42. The highest BCUT2D eigenvalue weighted by molar-refractivity contribution is 5.94. The summed E-state index contributed by atoms with van der Waals surface area (Å²) < 4.78 is 37.8. The van der Waals surface area contributed by atoms with E-state index in [1.54, 1.807) is 18.2 Å². The second kappa shape index (κ2) is 3.76. The monoisotopic (exact) mass is 238 g/mol. The number of hydrogen-bond donors (Lipinski definition) is 1. The fourth-order valence-electron chi connectivity index (χ4n) is 1.56. The standard InChI is InChI=1S/C12H9F3N2/c1-7(12(13,14)15)11-10-6-9(16)3-2-8(10)4-5-17-11/h2-6H,1,16H2. The number of nitrogens with two attached hydrogens (primary N) is 1. The van der Waals surface area contributed by atoms with E-state index in [1.807, 2.05) is 0 Å². The number of allylic oxidation sites excluding steroid dienone is 1. The molecule has 2 rings (SSSR count). The Balaban J connectivity index is 2.70. The number of nitrogens with zero attached hydrogens (tertiary/aromatic N) is 1. The van der Waals surface area contributed by atoms with Crippen LogP contribution in [-0.2, 0) is 0 Å². The fourth-order valence-corrected chi connectivity index (χ4v) is 1.56. The number of nitrogen functional groups attached to an aromatic ring is 1. The van der Waals surface area contributed by atoms with Crippen LogP contribution >= 0.6 is 0 Å². The van der Waals surface area contributed by atoms with Gasteiger partial charge < -0.3 is 5.73 Å². The van der Waals surface area contributed by atoms with E-state index < -0.39 is 11.7 Å². The predicted octanol–water partition coefficient (Wildman–Crippen LogP) is 3.39. The lowest BCUT2D eigenvalue weighted by Gasteiger charge is -2.11. The van der Waals surface area contributed by atoms with Crippen LogP contribution in [0.4, 0.5) is 18.9 Å². The van der Waals surface area contributed by atoms with E-state index in [4.69, 9.17) is 5.73 Å². The van der Waals surface area contributed by atoms with E-state index in [-0.39, 0.29) is 5.69 Å². The van der Waals surface area contributed by atoms with Crippen molar-refractivity contribution < 1.29 is 13.2 Å². The number of fused-ring (bicyclic) bond motifs is 1. The summed E-state index contributed by atoms with van der Waals surface area (Å²) in [6.45, 7) is 3.05. The van der Waals surface area contributed by atoms with Crippen LogP contribution in [0.25, 0.3) is 16.3 Å². The molecule has 0 bridgehead atoms. The second-order valence-corrected chi connectivity index (χ2v) is 3.62. The summed E-state index contributed by atoms with van der Waals surface area (Å²) >= 11 is 0. The molecule has 17 heavy (non-hydrogen) atoms. The van der Waals surface area contributed by atoms with Gasteiger partial charge in [0.1, 0.15) is 0 Å². The van der Waals surface area contributed by atoms with Gasteiger partial charge in [-0.3, -0.25) is 4.98 Å². The van der Waals surface area contributed by atoms with Gasteiger partial charge in [0.2, 0.25) is 0 Å². The van der Waals surface area contributed by atoms with Crippen molar-refractivity contribution in [1.82, 2.24) is 4.98 Å². The molecule has 0 amide bonds. The molecular formula is C12H9F3N2. The number of aromatic nitrogens is 1. The Morgan fingerprint density at radius 1 is 1.24 bits per heavy atom. The van der Waals surface area contributed by atoms with Crippen LogP contribution in [-0.4, -0.2) is 11.2 Å². The minimum Gasteiger partial charge on any atom is -0.399 e. The van der Waals surface area contributed by atoms with Crippen LogP contribution in [0.5, 0.6) is 0 Å². The highest BCUT2D eigenvalue weighted by Gasteiger charge is 2.34. The number of halogens is 3. The Bertz CT molecular complexity index is 588. The van der Waals surface area contributed by atoms with Crippen LogP contribution in [0.3, 0.4) is 0 Å². The van der Waals surface area contributed by atoms with E-state index in [2.05, 4.69) is 11.6 Å². The van der Waals surface area contributed by atoms with E-state index in [0.717, 1.165) is 0 Å². The van der Waals surface area contributed by atoms with Crippen LogP contribution < -0.4 is 5.73 Å². The Kier molecular flexibility index (Phi) is 2.53. The summed E-state index contributed by atoms with van der Waals surface area (Å²) in [6.07, 6.45) is -3.17. The number of anilines is 1. The van der Waals surface area contributed by atoms with Gasteiger partial charge in [-0.25, -0.2) is 0 Å². The molecule has 1 aromatic heterocycles. The minimum atomic E-state index is -4.49. The van der Waals surface area contributed by atoms with Crippen molar-refractivity contribution in [2.24, 2.45) is 0 Å². The third kappa shape index (κ3) is 2.08. The van der Waals surface area contributed by atoms with Crippen molar-refractivity contribution in [2.45, 2.75) is 6.18 Å².